The summed E-state index contributed by atoms with van der Waals surface area (Å²) < 4.78 is 0. The van der Waals surface area contributed by atoms with E-state index < -0.39 is 0 Å². The lowest BCUT2D eigenvalue weighted by atomic mass is 10.0. The first-order valence-electron chi connectivity index (χ1n) is 8.93. The molecule has 0 spiro atoms. The Hall–Kier alpha value is -2.08. The fraction of sp³-hybridized carbons (Fsp3) is 0.250. The number of hydrogen-bond acceptors (Lipinski definition) is 4. The smallest absolute Gasteiger partial charge is 0.253 e. The first-order chi connectivity index (χ1) is 13.5. The maximum Gasteiger partial charge on any atom is 0.253 e. The molecule has 0 unspecified atom stereocenters. The molecule has 1 N–H and O–H groups in total. The molecule has 3 aromatic rings. The number of anilines is 1. The average molecular weight is 436 g/mol. The van der Waals surface area contributed by atoms with E-state index in [4.69, 9.17) is 34.8 Å². The van der Waals surface area contributed by atoms with Gasteiger partial charge in [-0.25, -0.2) is 9.97 Å². The summed E-state index contributed by atoms with van der Waals surface area (Å²) in [7, 11) is 0. The van der Waals surface area contributed by atoms with Gasteiger partial charge in [0.1, 0.15) is 12.1 Å². The maximum absolute atomic E-state index is 12.5. The maximum atomic E-state index is 12.5. The van der Waals surface area contributed by atoms with Gasteiger partial charge in [-0.15, -0.1) is 0 Å². The van der Waals surface area contributed by atoms with E-state index in [0.717, 1.165) is 42.7 Å². The summed E-state index contributed by atoms with van der Waals surface area (Å²) in [6.45, 7) is 1.56. The van der Waals surface area contributed by atoms with E-state index in [0.29, 0.717) is 15.6 Å². The lowest BCUT2D eigenvalue weighted by Gasteiger charge is -2.33. The highest BCUT2D eigenvalue weighted by molar-refractivity contribution is 6.43. The summed E-state index contributed by atoms with van der Waals surface area (Å²) in [5.41, 5.74) is 1.22. The number of carbonyl (C=O) groups is 1. The van der Waals surface area contributed by atoms with Gasteiger partial charge in [0.15, 0.2) is 0 Å². The van der Waals surface area contributed by atoms with E-state index in [9.17, 15) is 4.79 Å². The number of carbonyl (C=O) groups excluding carboxylic acids is 1. The van der Waals surface area contributed by atoms with Crippen molar-refractivity contribution < 1.29 is 4.79 Å². The summed E-state index contributed by atoms with van der Waals surface area (Å²) >= 11 is 18.2. The highest BCUT2D eigenvalue weighted by Gasteiger charge is 2.24. The van der Waals surface area contributed by atoms with Gasteiger partial charge < -0.3 is 10.2 Å². The number of benzene rings is 2. The van der Waals surface area contributed by atoms with Crippen LogP contribution in [0.15, 0.2) is 42.7 Å². The zero-order chi connectivity index (χ0) is 19.7. The van der Waals surface area contributed by atoms with Crippen molar-refractivity contribution in [3.05, 3.63) is 63.4 Å². The van der Waals surface area contributed by atoms with Gasteiger partial charge in [0.05, 0.1) is 21.1 Å². The quantitative estimate of drug-likeness (QED) is 0.630. The molecule has 0 saturated carbocycles. The molecule has 1 fully saturated rings. The van der Waals surface area contributed by atoms with Gasteiger partial charge in [0.2, 0.25) is 0 Å². The Labute approximate surface area is 177 Å². The molecule has 0 radical (unpaired) electrons. The summed E-state index contributed by atoms with van der Waals surface area (Å²) in [5.74, 6) is 0.692. The molecule has 2 heterocycles. The Kier molecular flexibility index (Phi) is 5.58. The molecule has 8 heteroatoms. The normalized spacial score (nSPS) is 15.0. The minimum absolute atomic E-state index is 0.0707. The number of amides is 1. The zero-order valence-corrected chi connectivity index (χ0v) is 17.1. The van der Waals surface area contributed by atoms with E-state index in [1.165, 1.54) is 0 Å². The van der Waals surface area contributed by atoms with Crippen molar-refractivity contribution in [2.75, 3.05) is 18.0 Å². The lowest BCUT2D eigenvalue weighted by molar-refractivity contribution is 0.0931. The van der Waals surface area contributed by atoms with Gasteiger partial charge in [-0.2, -0.15) is 0 Å². The number of aromatic nitrogens is 2. The van der Waals surface area contributed by atoms with Crippen molar-refractivity contribution in [3.63, 3.8) is 0 Å². The number of fused-ring (bicyclic) bond motifs is 1. The molecule has 1 saturated heterocycles. The highest BCUT2D eigenvalue weighted by Crippen LogP contribution is 2.28. The van der Waals surface area contributed by atoms with E-state index in [1.54, 1.807) is 24.5 Å². The molecule has 5 nitrogen and oxygen atoms in total. The predicted octanol–water partition coefficient (Wildman–Crippen LogP) is 4.99. The van der Waals surface area contributed by atoms with Crippen LogP contribution in [0.5, 0.6) is 0 Å². The van der Waals surface area contributed by atoms with E-state index >= 15 is 0 Å². The van der Waals surface area contributed by atoms with Gasteiger partial charge in [-0.3, -0.25) is 4.79 Å². The fourth-order valence-electron chi connectivity index (χ4n) is 3.45. The van der Waals surface area contributed by atoms with E-state index in [-0.39, 0.29) is 17.0 Å². The molecule has 1 amide bonds. The molecule has 1 aliphatic heterocycles. The van der Waals surface area contributed by atoms with Crippen molar-refractivity contribution in [1.82, 2.24) is 15.3 Å². The van der Waals surface area contributed by atoms with Crippen LogP contribution in [0, 0.1) is 0 Å². The standard InChI is InChI=1S/C20H17Cl3N4O/c21-12-4-5-14-17(10-12)24-11-25-19(14)27-8-6-13(7-9-27)26-20(28)15-2-1-3-16(22)18(15)23/h1-5,10-11,13H,6-9H2,(H,26,28). The Morgan fingerprint density at radius 3 is 2.64 bits per heavy atom. The van der Waals surface area contributed by atoms with Crippen LogP contribution in [-0.4, -0.2) is 35.0 Å². The molecule has 28 heavy (non-hydrogen) atoms. The largest absolute Gasteiger partial charge is 0.356 e. The highest BCUT2D eigenvalue weighted by atomic mass is 35.5. The minimum Gasteiger partial charge on any atom is -0.356 e. The molecule has 144 valence electrons. The second kappa shape index (κ2) is 8.11. The summed E-state index contributed by atoms with van der Waals surface area (Å²) in [5, 5.41) is 5.34. The van der Waals surface area contributed by atoms with Crippen LogP contribution in [0.25, 0.3) is 10.9 Å². The van der Waals surface area contributed by atoms with Crippen LogP contribution in [0.4, 0.5) is 5.82 Å². The van der Waals surface area contributed by atoms with E-state index in [2.05, 4.69) is 20.2 Å². The molecule has 2 aromatic carbocycles. The molecule has 0 bridgehead atoms. The molecule has 4 rings (SSSR count). The summed E-state index contributed by atoms with van der Waals surface area (Å²) in [6.07, 6.45) is 3.18. The van der Waals surface area contributed by atoms with Crippen molar-refractivity contribution >= 4 is 57.4 Å². The third-order valence-corrected chi connectivity index (χ3v) is 5.96. The Morgan fingerprint density at radius 1 is 1.07 bits per heavy atom. The summed E-state index contributed by atoms with van der Waals surface area (Å²) in [4.78, 5) is 23.5. The van der Waals surface area contributed by atoms with Gasteiger partial charge in [0.25, 0.3) is 5.91 Å². The number of rotatable bonds is 3. The Balaban J connectivity index is 1.44. The zero-order valence-electron chi connectivity index (χ0n) is 14.8. The lowest BCUT2D eigenvalue weighted by Crippen LogP contribution is -2.45. The second-order valence-corrected chi connectivity index (χ2v) is 7.92. The van der Waals surface area contributed by atoms with Crippen LogP contribution < -0.4 is 10.2 Å². The first kappa shape index (κ1) is 19.2. The predicted molar refractivity (Wildman–Crippen MR) is 114 cm³/mol. The van der Waals surface area contributed by atoms with Crippen LogP contribution in [0.2, 0.25) is 15.1 Å². The average Bonchev–Trinajstić information content (AvgIpc) is 2.70. The Bertz CT molecular complexity index is 1040. The molecule has 0 aliphatic carbocycles. The van der Waals surface area contributed by atoms with E-state index in [1.807, 2.05) is 18.2 Å². The monoisotopic (exact) mass is 434 g/mol. The van der Waals surface area contributed by atoms with Crippen molar-refractivity contribution in [3.8, 4) is 0 Å². The summed E-state index contributed by atoms with van der Waals surface area (Å²) in [6, 6.07) is 10.8. The van der Waals surface area contributed by atoms with Crippen LogP contribution >= 0.6 is 34.8 Å². The third kappa shape index (κ3) is 3.88. The third-order valence-electron chi connectivity index (χ3n) is 4.90. The van der Waals surface area contributed by atoms with Gasteiger partial charge in [-0.1, -0.05) is 40.9 Å². The van der Waals surface area contributed by atoms with Crippen molar-refractivity contribution in [1.29, 1.82) is 0 Å². The molecular formula is C20H17Cl3N4O. The fourth-order valence-corrected chi connectivity index (χ4v) is 4.00. The number of hydrogen-bond donors (Lipinski definition) is 1. The topological polar surface area (TPSA) is 58.1 Å². The minimum atomic E-state index is -0.201. The van der Waals surface area contributed by atoms with Crippen LogP contribution in [-0.2, 0) is 0 Å². The number of nitrogens with one attached hydrogen (secondary N) is 1. The number of piperidine rings is 1. The van der Waals surface area contributed by atoms with Crippen LogP contribution in [0.3, 0.4) is 0 Å². The molecule has 1 aromatic heterocycles. The molecule has 0 atom stereocenters. The van der Waals surface area contributed by atoms with Gasteiger partial charge in [-0.05, 0) is 43.2 Å². The SMILES string of the molecule is O=C(NC1CCN(c2ncnc3cc(Cl)ccc23)CC1)c1cccc(Cl)c1Cl. The first-order valence-corrected chi connectivity index (χ1v) is 10.1. The van der Waals surface area contributed by atoms with Crippen LogP contribution in [0.1, 0.15) is 23.2 Å². The van der Waals surface area contributed by atoms with Crippen molar-refractivity contribution in [2.45, 2.75) is 18.9 Å². The number of nitrogens with zero attached hydrogens (tertiary/aromatic N) is 3. The molecular weight excluding hydrogens is 419 g/mol. The van der Waals surface area contributed by atoms with Crippen molar-refractivity contribution in [2.24, 2.45) is 0 Å². The number of halogens is 3. The second-order valence-electron chi connectivity index (χ2n) is 6.69. The molecule has 1 aliphatic rings. The van der Waals surface area contributed by atoms with Gasteiger partial charge in [0, 0.05) is 29.5 Å². The Morgan fingerprint density at radius 2 is 1.86 bits per heavy atom. The van der Waals surface area contributed by atoms with Gasteiger partial charge >= 0.3 is 0 Å².